The first-order chi connectivity index (χ1) is 15.6. The van der Waals surface area contributed by atoms with E-state index in [0.29, 0.717) is 39.8 Å². The van der Waals surface area contributed by atoms with E-state index < -0.39 is 6.10 Å². The van der Waals surface area contributed by atoms with Crippen LogP contribution in [0.1, 0.15) is 42.3 Å². The largest absolute Gasteiger partial charge is 0.438 e. The van der Waals surface area contributed by atoms with E-state index >= 15 is 0 Å². The van der Waals surface area contributed by atoms with Gasteiger partial charge in [-0.1, -0.05) is 6.07 Å². The van der Waals surface area contributed by atoms with Gasteiger partial charge in [-0.15, -0.1) is 0 Å². The summed E-state index contributed by atoms with van der Waals surface area (Å²) in [5.74, 6) is 2.37. The number of piperidine rings is 1. The summed E-state index contributed by atoms with van der Waals surface area (Å²) in [6.07, 6.45) is 4.37. The van der Waals surface area contributed by atoms with Crippen LogP contribution in [0.3, 0.4) is 0 Å². The molecule has 0 amide bonds. The van der Waals surface area contributed by atoms with Gasteiger partial charge in [0.05, 0.1) is 23.4 Å². The minimum atomic E-state index is -0.759. The topological polar surface area (TPSA) is 121 Å². The van der Waals surface area contributed by atoms with Crippen molar-refractivity contribution < 1.29 is 9.84 Å². The summed E-state index contributed by atoms with van der Waals surface area (Å²) in [5.41, 5.74) is 8.01. The molecule has 164 valence electrons. The summed E-state index contributed by atoms with van der Waals surface area (Å²) in [4.78, 5) is 15.8. The summed E-state index contributed by atoms with van der Waals surface area (Å²) in [6.45, 7) is 3.90. The van der Waals surface area contributed by atoms with Crippen LogP contribution in [-0.4, -0.2) is 39.7 Å². The summed E-state index contributed by atoms with van der Waals surface area (Å²) in [7, 11) is 0. The van der Waals surface area contributed by atoms with Gasteiger partial charge in [0.1, 0.15) is 17.4 Å². The molecule has 3 N–H and O–H groups in total. The zero-order valence-electron chi connectivity index (χ0n) is 18.0. The number of aromatic nitrogens is 3. The molecule has 3 heterocycles. The maximum atomic E-state index is 9.92. The van der Waals surface area contributed by atoms with Gasteiger partial charge in [-0.25, -0.2) is 4.98 Å². The molecule has 4 rings (SSSR count). The number of ether oxygens (including phenoxy) is 1. The van der Waals surface area contributed by atoms with Gasteiger partial charge in [-0.3, -0.25) is 4.98 Å². The maximum Gasteiger partial charge on any atom is 0.224 e. The second-order valence-corrected chi connectivity index (χ2v) is 7.81. The number of hydrogen-bond acceptors (Lipinski definition) is 8. The lowest BCUT2D eigenvalue weighted by molar-refractivity contribution is 0.186. The average molecular weight is 431 g/mol. The molecular formula is C24H26N6O2. The van der Waals surface area contributed by atoms with Crippen molar-refractivity contribution in [2.75, 3.05) is 24.5 Å². The van der Waals surface area contributed by atoms with Gasteiger partial charge in [0, 0.05) is 43.0 Å². The molecule has 0 spiro atoms. The fourth-order valence-electron chi connectivity index (χ4n) is 3.76. The summed E-state index contributed by atoms with van der Waals surface area (Å²) in [5, 5.41) is 19.3. The van der Waals surface area contributed by atoms with Crippen LogP contribution < -0.4 is 15.4 Å². The number of aryl methyl sites for hydroxylation is 1. The molecule has 1 unspecified atom stereocenters. The Hall–Kier alpha value is -3.54. The Morgan fingerprint density at radius 2 is 1.97 bits per heavy atom. The van der Waals surface area contributed by atoms with Crippen LogP contribution in [0.25, 0.3) is 11.3 Å². The van der Waals surface area contributed by atoms with E-state index in [9.17, 15) is 10.4 Å². The van der Waals surface area contributed by atoms with Crippen LogP contribution in [-0.2, 0) is 0 Å². The zero-order valence-corrected chi connectivity index (χ0v) is 18.0. The van der Waals surface area contributed by atoms with Gasteiger partial charge < -0.3 is 20.5 Å². The molecule has 1 aliphatic heterocycles. The number of benzene rings is 1. The molecule has 1 fully saturated rings. The van der Waals surface area contributed by atoms with Crippen LogP contribution in [0.5, 0.6) is 11.6 Å². The highest BCUT2D eigenvalue weighted by atomic mass is 16.5. The Balaban J connectivity index is 1.68. The molecule has 1 aliphatic rings. The number of nitrogens with two attached hydrogens (primary N) is 1. The molecule has 0 aliphatic carbocycles. The van der Waals surface area contributed by atoms with E-state index in [2.05, 4.69) is 25.9 Å². The molecule has 3 aromatic rings. The minimum Gasteiger partial charge on any atom is -0.438 e. The number of anilines is 1. The van der Waals surface area contributed by atoms with Crippen molar-refractivity contribution in [2.45, 2.75) is 32.3 Å². The van der Waals surface area contributed by atoms with Gasteiger partial charge >= 0.3 is 0 Å². The second-order valence-electron chi connectivity index (χ2n) is 7.81. The van der Waals surface area contributed by atoms with Crippen molar-refractivity contribution in [3.05, 3.63) is 59.5 Å². The monoisotopic (exact) mass is 430 g/mol. The molecule has 1 saturated heterocycles. The Morgan fingerprint density at radius 3 is 2.66 bits per heavy atom. The van der Waals surface area contributed by atoms with Gasteiger partial charge in [0.2, 0.25) is 5.88 Å². The zero-order chi connectivity index (χ0) is 22.5. The number of rotatable bonds is 6. The number of pyridine rings is 1. The Bertz CT molecular complexity index is 1120. The lowest BCUT2D eigenvalue weighted by Crippen LogP contribution is -2.30. The van der Waals surface area contributed by atoms with E-state index in [1.165, 1.54) is 6.42 Å². The number of nitriles is 1. The fourth-order valence-corrected chi connectivity index (χ4v) is 3.76. The minimum absolute atomic E-state index is 0.124. The van der Waals surface area contributed by atoms with E-state index in [1.54, 1.807) is 36.5 Å². The van der Waals surface area contributed by atoms with E-state index in [0.717, 1.165) is 31.7 Å². The molecule has 8 heteroatoms. The lowest BCUT2D eigenvalue weighted by atomic mass is 10.1. The standard InChI is InChI=1S/C24H26N6O2/c1-16-28-23(30-9-3-2-4-10-30)12-24(29-16)32-22-11-17(13-25)5-7-19(22)20-8-6-18(15-27-20)21(31)14-26/h5-8,11-12,15,21,31H,2-4,9-10,14,26H2,1H3. The van der Waals surface area contributed by atoms with E-state index in [-0.39, 0.29) is 6.54 Å². The molecule has 0 radical (unpaired) electrons. The van der Waals surface area contributed by atoms with Crippen LogP contribution in [0.2, 0.25) is 0 Å². The highest BCUT2D eigenvalue weighted by molar-refractivity contribution is 5.69. The van der Waals surface area contributed by atoms with Gasteiger partial charge in [0.25, 0.3) is 0 Å². The first-order valence-electron chi connectivity index (χ1n) is 10.7. The number of nitrogens with zero attached hydrogens (tertiary/aromatic N) is 5. The number of aliphatic hydroxyl groups is 1. The smallest absolute Gasteiger partial charge is 0.224 e. The Labute approximate surface area is 187 Å². The van der Waals surface area contributed by atoms with Crippen LogP contribution in [0, 0.1) is 18.3 Å². The van der Waals surface area contributed by atoms with Crippen molar-refractivity contribution in [1.82, 2.24) is 15.0 Å². The second kappa shape index (κ2) is 9.73. The highest BCUT2D eigenvalue weighted by Crippen LogP contribution is 2.34. The normalized spacial score (nSPS) is 14.6. The molecule has 32 heavy (non-hydrogen) atoms. The summed E-state index contributed by atoms with van der Waals surface area (Å²) >= 11 is 0. The molecule has 8 nitrogen and oxygen atoms in total. The van der Waals surface area contributed by atoms with Crippen LogP contribution in [0.15, 0.2) is 42.6 Å². The predicted molar refractivity (Wildman–Crippen MR) is 121 cm³/mol. The molecule has 0 saturated carbocycles. The van der Waals surface area contributed by atoms with Crippen LogP contribution in [0.4, 0.5) is 5.82 Å². The van der Waals surface area contributed by atoms with Gasteiger partial charge in [-0.05, 0) is 50.5 Å². The maximum absolute atomic E-state index is 9.92. The molecular weight excluding hydrogens is 404 g/mol. The molecule has 1 atom stereocenters. The van der Waals surface area contributed by atoms with Crippen molar-refractivity contribution in [2.24, 2.45) is 5.73 Å². The first kappa shape index (κ1) is 21.7. The Morgan fingerprint density at radius 1 is 1.16 bits per heavy atom. The van der Waals surface area contributed by atoms with E-state index in [1.807, 2.05) is 13.0 Å². The third-order valence-corrected chi connectivity index (χ3v) is 5.48. The van der Waals surface area contributed by atoms with Gasteiger partial charge in [-0.2, -0.15) is 10.2 Å². The lowest BCUT2D eigenvalue weighted by Gasteiger charge is -2.28. The van der Waals surface area contributed by atoms with Crippen molar-refractivity contribution >= 4 is 5.82 Å². The third kappa shape index (κ3) is 4.85. The van der Waals surface area contributed by atoms with Crippen LogP contribution >= 0.6 is 0 Å². The number of aliphatic hydroxyl groups excluding tert-OH is 1. The fraction of sp³-hybridized carbons (Fsp3) is 0.333. The molecule has 2 aromatic heterocycles. The Kier molecular flexibility index (Phi) is 6.59. The van der Waals surface area contributed by atoms with Gasteiger partial charge in [0.15, 0.2) is 0 Å². The quantitative estimate of drug-likeness (QED) is 0.609. The molecule has 0 bridgehead atoms. The SMILES string of the molecule is Cc1nc(Oc2cc(C#N)ccc2-c2ccc(C(O)CN)cn2)cc(N2CCCCC2)n1. The van der Waals surface area contributed by atoms with Crippen molar-refractivity contribution in [3.63, 3.8) is 0 Å². The van der Waals surface area contributed by atoms with Crippen molar-refractivity contribution in [3.8, 4) is 29.0 Å². The number of hydrogen-bond donors (Lipinski definition) is 2. The highest BCUT2D eigenvalue weighted by Gasteiger charge is 2.17. The summed E-state index contributed by atoms with van der Waals surface area (Å²) in [6, 6.07) is 12.8. The van der Waals surface area contributed by atoms with Crippen molar-refractivity contribution in [1.29, 1.82) is 5.26 Å². The predicted octanol–water partition coefficient (Wildman–Crippen LogP) is 3.49. The summed E-state index contributed by atoms with van der Waals surface area (Å²) < 4.78 is 6.18. The molecule has 1 aromatic carbocycles. The van der Waals surface area contributed by atoms with E-state index in [4.69, 9.17) is 10.5 Å². The first-order valence-corrected chi connectivity index (χ1v) is 10.7. The third-order valence-electron chi connectivity index (χ3n) is 5.48. The average Bonchev–Trinajstić information content (AvgIpc) is 2.84.